The van der Waals surface area contributed by atoms with E-state index in [9.17, 15) is 0 Å². The molecule has 0 N–H and O–H groups in total. The number of hydrogen-bond donors (Lipinski definition) is 0. The summed E-state index contributed by atoms with van der Waals surface area (Å²) in [5.41, 5.74) is 5.99. The molecule has 1 heteroatoms. The van der Waals surface area contributed by atoms with Crippen LogP contribution in [-0.4, -0.2) is 6.61 Å². The fourth-order valence-electron chi connectivity index (χ4n) is 5.14. The number of ether oxygens (including phenoxy) is 1. The van der Waals surface area contributed by atoms with Crippen molar-refractivity contribution in [3.05, 3.63) is 102 Å². The summed E-state index contributed by atoms with van der Waals surface area (Å²) in [5, 5.41) is 0. The predicted molar refractivity (Wildman–Crippen MR) is 153 cm³/mol. The maximum atomic E-state index is 5.64. The highest BCUT2D eigenvalue weighted by atomic mass is 16.5. The fourth-order valence-corrected chi connectivity index (χ4v) is 5.14. The lowest BCUT2D eigenvalue weighted by atomic mass is 9.78. The third-order valence-corrected chi connectivity index (χ3v) is 7.44. The molecule has 4 rings (SSSR count). The van der Waals surface area contributed by atoms with Gasteiger partial charge >= 0.3 is 0 Å². The van der Waals surface area contributed by atoms with Crippen molar-refractivity contribution in [2.24, 2.45) is 11.8 Å². The second-order valence-electron chi connectivity index (χ2n) is 10.2. The molecule has 0 radical (unpaired) electrons. The third-order valence-electron chi connectivity index (χ3n) is 7.44. The zero-order valence-corrected chi connectivity index (χ0v) is 21.8. The van der Waals surface area contributed by atoms with Crippen LogP contribution in [0.4, 0.5) is 0 Å². The lowest BCUT2D eigenvalue weighted by Crippen LogP contribution is -2.15. The van der Waals surface area contributed by atoms with Gasteiger partial charge in [0.2, 0.25) is 0 Å². The highest BCUT2D eigenvalue weighted by molar-refractivity contribution is 5.64. The van der Waals surface area contributed by atoms with Gasteiger partial charge in [-0.05, 0) is 97.0 Å². The number of allylic oxidation sites excluding steroid dienone is 1. The summed E-state index contributed by atoms with van der Waals surface area (Å²) >= 11 is 0. The number of benzene rings is 3. The zero-order valence-electron chi connectivity index (χ0n) is 21.8. The minimum absolute atomic E-state index is 0.748. The summed E-state index contributed by atoms with van der Waals surface area (Å²) in [6, 6.07) is 25.7. The van der Waals surface area contributed by atoms with Gasteiger partial charge in [-0.25, -0.2) is 0 Å². The lowest BCUT2D eigenvalue weighted by molar-refractivity contribution is 0.254. The van der Waals surface area contributed by atoms with Crippen LogP contribution >= 0.6 is 0 Å². The molecule has 0 aromatic heterocycles. The van der Waals surface area contributed by atoms with E-state index in [1.807, 2.05) is 24.3 Å². The summed E-state index contributed by atoms with van der Waals surface area (Å²) in [7, 11) is 0. The van der Waals surface area contributed by atoms with Crippen molar-refractivity contribution in [1.82, 2.24) is 0 Å². The van der Waals surface area contributed by atoms with E-state index in [1.165, 1.54) is 68.1 Å². The quantitative estimate of drug-likeness (QED) is 0.209. The van der Waals surface area contributed by atoms with E-state index in [0.29, 0.717) is 0 Å². The van der Waals surface area contributed by atoms with Crippen LogP contribution in [0, 0.1) is 23.7 Å². The Morgan fingerprint density at radius 2 is 1.28 bits per heavy atom. The summed E-state index contributed by atoms with van der Waals surface area (Å²) in [6.45, 7) is 6.73. The molecule has 186 valence electrons. The SMILES string of the molecule is C=CCC[C@H]1CC[C@H](CCc2ccc(-c3ccc(C#Cc4ccc(OCCC)cc4)cc3)cc2)CC1. The molecule has 0 saturated heterocycles. The topological polar surface area (TPSA) is 9.23 Å². The zero-order chi connectivity index (χ0) is 25.0. The molecule has 1 fully saturated rings. The first-order chi connectivity index (χ1) is 17.7. The van der Waals surface area contributed by atoms with Gasteiger partial charge in [-0.2, -0.15) is 0 Å². The van der Waals surface area contributed by atoms with Crippen LogP contribution in [0.1, 0.15) is 75.0 Å². The van der Waals surface area contributed by atoms with Crippen LogP contribution in [-0.2, 0) is 6.42 Å². The molecule has 1 aliphatic rings. The van der Waals surface area contributed by atoms with E-state index in [-0.39, 0.29) is 0 Å². The molecule has 0 amide bonds. The third kappa shape index (κ3) is 7.89. The number of aryl methyl sites for hydroxylation is 1. The van der Waals surface area contributed by atoms with Gasteiger partial charge in [-0.1, -0.05) is 86.9 Å². The van der Waals surface area contributed by atoms with Crippen molar-refractivity contribution in [2.45, 2.75) is 64.7 Å². The van der Waals surface area contributed by atoms with Gasteiger partial charge in [0.05, 0.1) is 6.61 Å². The summed E-state index contributed by atoms with van der Waals surface area (Å²) in [4.78, 5) is 0. The highest BCUT2D eigenvalue weighted by Gasteiger charge is 2.20. The van der Waals surface area contributed by atoms with E-state index in [2.05, 4.69) is 80.0 Å². The average Bonchev–Trinajstić information content (AvgIpc) is 2.94. The van der Waals surface area contributed by atoms with Gasteiger partial charge in [0.25, 0.3) is 0 Å². The maximum Gasteiger partial charge on any atom is 0.119 e. The molecule has 0 bridgehead atoms. The molecule has 3 aromatic rings. The van der Waals surface area contributed by atoms with Gasteiger partial charge in [-0.3, -0.25) is 0 Å². The van der Waals surface area contributed by atoms with Crippen LogP contribution in [0.5, 0.6) is 5.75 Å². The van der Waals surface area contributed by atoms with Gasteiger partial charge in [0, 0.05) is 11.1 Å². The standard InChI is InChI=1S/C35H40O/c1-3-5-6-28-7-9-29(10-8-28)11-12-30-15-21-33(22-16-30)34-23-17-31(18-24-34)13-14-32-19-25-35(26-20-32)36-27-4-2/h3,15-26,28-29H,1,4-12,27H2,2H3/t28-,29-. The van der Waals surface area contributed by atoms with Crippen molar-refractivity contribution < 1.29 is 4.74 Å². The van der Waals surface area contributed by atoms with E-state index in [4.69, 9.17) is 4.74 Å². The molecular formula is C35H40O. The maximum absolute atomic E-state index is 5.64. The van der Waals surface area contributed by atoms with Crippen LogP contribution in [0.3, 0.4) is 0 Å². The molecule has 0 unspecified atom stereocenters. The van der Waals surface area contributed by atoms with E-state index < -0.39 is 0 Å². The first-order valence-corrected chi connectivity index (χ1v) is 13.8. The van der Waals surface area contributed by atoms with Gasteiger partial charge < -0.3 is 4.74 Å². The van der Waals surface area contributed by atoms with Crippen LogP contribution in [0.15, 0.2) is 85.5 Å². The Balaban J connectivity index is 1.26. The minimum Gasteiger partial charge on any atom is -0.494 e. The van der Waals surface area contributed by atoms with Crippen molar-refractivity contribution in [2.75, 3.05) is 6.61 Å². The van der Waals surface area contributed by atoms with E-state index >= 15 is 0 Å². The second-order valence-corrected chi connectivity index (χ2v) is 10.2. The summed E-state index contributed by atoms with van der Waals surface area (Å²) in [5.74, 6) is 9.28. The highest BCUT2D eigenvalue weighted by Crippen LogP contribution is 2.34. The Kier molecular flexibility index (Phi) is 9.87. The first kappa shape index (κ1) is 25.8. The van der Waals surface area contributed by atoms with Crippen molar-refractivity contribution in [3.8, 4) is 28.7 Å². The van der Waals surface area contributed by atoms with Crippen molar-refractivity contribution >= 4 is 0 Å². The van der Waals surface area contributed by atoms with Crippen LogP contribution in [0.2, 0.25) is 0 Å². The largest absolute Gasteiger partial charge is 0.494 e. The van der Waals surface area contributed by atoms with Crippen molar-refractivity contribution in [3.63, 3.8) is 0 Å². The number of hydrogen-bond acceptors (Lipinski definition) is 1. The van der Waals surface area contributed by atoms with Crippen LogP contribution in [0.25, 0.3) is 11.1 Å². The minimum atomic E-state index is 0.748. The van der Waals surface area contributed by atoms with Crippen LogP contribution < -0.4 is 4.74 Å². The lowest BCUT2D eigenvalue weighted by Gasteiger charge is -2.28. The first-order valence-electron chi connectivity index (χ1n) is 13.8. The summed E-state index contributed by atoms with van der Waals surface area (Å²) in [6.07, 6.45) is 13.8. The molecule has 0 spiro atoms. The fraction of sp³-hybridized carbons (Fsp3) is 0.371. The van der Waals surface area contributed by atoms with Gasteiger partial charge in [0.1, 0.15) is 5.75 Å². The second kappa shape index (κ2) is 13.7. The molecule has 0 atom stereocenters. The molecule has 1 aliphatic carbocycles. The smallest absolute Gasteiger partial charge is 0.119 e. The van der Waals surface area contributed by atoms with E-state index in [0.717, 1.165) is 41.7 Å². The Morgan fingerprint density at radius 3 is 1.83 bits per heavy atom. The monoisotopic (exact) mass is 476 g/mol. The molecule has 3 aromatic carbocycles. The molecule has 1 nitrogen and oxygen atoms in total. The van der Waals surface area contributed by atoms with E-state index in [1.54, 1.807) is 0 Å². The van der Waals surface area contributed by atoms with Gasteiger partial charge in [0.15, 0.2) is 0 Å². The molecule has 1 saturated carbocycles. The molecule has 0 aliphatic heterocycles. The van der Waals surface area contributed by atoms with Gasteiger partial charge in [-0.15, -0.1) is 6.58 Å². The Hall–Kier alpha value is -3.24. The number of rotatable bonds is 10. The average molecular weight is 477 g/mol. The predicted octanol–water partition coefficient (Wildman–Crippen LogP) is 9.25. The Bertz CT molecular complexity index is 1120. The molecular weight excluding hydrogens is 436 g/mol. The van der Waals surface area contributed by atoms with Crippen molar-refractivity contribution in [1.29, 1.82) is 0 Å². The Labute approximate surface area is 218 Å². The summed E-state index contributed by atoms with van der Waals surface area (Å²) < 4.78 is 5.64. The Morgan fingerprint density at radius 1 is 0.750 bits per heavy atom. The molecule has 36 heavy (non-hydrogen) atoms. The normalized spacial score (nSPS) is 17.1. The molecule has 0 heterocycles.